The molecule has 3 rings (SSSR count). The van der Waals surface area contributed by atoms with Gasteiger partial charge in [-0.2, -0.15) is 5.10 Å². The lowest BCUT2D eigenvalue weighted by Crippen LogP contribution is -2.40. The van der Waals surface area contributed by atoms with Gasteiger partial charge in [0.2, 0.25) is 0 Å². The van der Waals surface area contributed by atoms with Crippen molar-refractivity contribution < 1.29 is 23.9 Å². The van der Waals surface area contributed by atoms with Crippen LogP contribution in [0.4, 0.5) is 15.3 Å². The highest BCUT2D eigenvalue weighted by molar-refractivity contribution is 7.19. The van der Waals surface area contributed by atoms with Crippen LogP contribution in [0.2, 0.25) is 0 Å². The number of anilines is 1. The second-order valence-corrected chi connectivity index (χ2v) is 12.8. The van der Waals surface area contributed by atoms with Gasteiger partial charge in [-0.3, -0.25) is 4.90 Å². The number of alkyl carbamates (subject to hydrolysis) is 1. The van der Waals surface area contributed by atoms with Crippen LogP contribution in [0.15, 0.2) is 23.7 Å². The van der Waals surface area contributed by atoms with Gasteiger partial charge in [0.05, 0.1) is 23.1 Å². The molecule has 0 radical (unpaired) electrons. The summed E-state index contributed by atoms with van der Waals surface area (Å²) in [7, 11) is 0. The summed E-state index contributed by atoms with van der Waals surface area (Å²) in [6, 6.07) is 3.45. The second kappa shape index (κ2) is 11.6. The van der Waals surface area contributed by atoms with Crippen molar-refractivity contribution in [3.05, 3.63) is 39.0 Å². The molecular formula is C26H34N4O5S2. The molecule has 11 heteroatoms. The quantitative estimate of drug-likeness (QED) is 0.344. The highest BCUT2D eigenvalue weighted by atomic mass is 32.1. The molecule has 0 spiro atoms. The summed E-state index contributed by atoms with van der Waals surface area (Å²) < 4.78 is 11.9. The second-order valence-electron chi connectivity index (χ2n) is 10.7. The highest BCUT2D eigenvalue weighted by Crippen LogP contribution is 2.37. The van der Waals surface area contributed by atoms with Crippen LogP contribution in [-0.4, -0.2) is 45.9 Å². The first-order valence-corrected chi connectivity index (χ1v) is 13.7. The van der Waals surface area contributed by atoms with Crippen LogP contribution in [0.25, 0.3) is 10.2 Å². The number of hydrogen-bond donors (Lipinski definition) is 1. The highest BCUT2D eigenvalue weighted by Gasteiger charge is 2.28. The van der Waals surface area contributed by atoms with Gasteiger partial charge >= 0.3 is 12.2 Å². The van der Waals surface area contributed by atoms with Crippen LogP contribution in [0.5, 0.6) is 0 Å². The predicted octanol–water partition coefficient (Wildman–Crippen LogP) is 6.03. The average molecular weight is 547 g/mol. The zero-order chi connectivity index (χ0) is 27.4. The van der Waals surface area contributed by atoms with Gasteiger partial charge in [0, 0.05) is 28.6 Å². The SMILES string of the molecule is Cc1c(CC(CC=O)NC(=O)OC(C)(C)C)sc2c(N(Cc3cccs3)C(=O)OC(C)(C)C)cnnc12. The number of ether oxygens (including phenoxy) is 2. The molecule has 3 aromatic rings. The Kier molecular flexibility index (Phi) is 8.91. The molecule has 37 heavy (non-hydrogen) atoms. The first-order chi connectivity index (χ1) is 17.3. The largest absolute Gasteiger partial charge is 0.444 e. The number of thiophene rings is 2. The lowest BCUT2D eigenvalue weighted by atomic mass is 10.1. The van der Waals surface area contributed by atoms with Crippen LogP contribution in [-0.2, 0) is 27.2 Å². The third-order valence-corrected chi connectivity index (χ3v) is 7.30. The third-order valence-electron chi connectivity index (χ3n) is 5.12. The Morgan fingerprint density at radius 2 is 1.86 bits per heavy atom. The number of aldehydes is 1. The average Bonchev–Trinajstić information content (AvgIpc) is 3.38. The van der Waals surface area contributed by atoms with Crippen LogP contribution in [0.1, 0.15) is 63.3 Å². The molecule has 9 nitrogen and oxygen atoms in total. The maximum Gasteiger partial charge on any atom is 0.415 e. The molecule has 0 saturated carbocycles. The van der Waals surface area contributed by atoms with E-state index >= 15 is 0 Å². The van der Waals surface area contributed by atoms with Crippen LogP contribution in [0, 0.1) is 6.92 Å². The van der Waals surface area contributed by atoms with Gasteiger partial charge in [-0.05, 0) is 65.5 Å². The topological polar surface area (TPSA) is 111 Å². The molecular weight excluding hydrogens is 512 g/mol. The van der Waals surface area contributed by atoms with Crippen LogP contribution in [0.3, 0.4) is 0 Å². The summed E-state index contributed by atoms with van der Waals surface area (Å²) in [6.07, 6.45) is 1.83. The number of nitrogens with one attached hydrogen (secondary N) is 1. The van der Waals surface area contributed by atoms with E-state index in [-0.39, 0.29) is 6.42 Å². The minimum atomic E-state index is -0.670. The van der Waals surface area contributed by atoms with Crippen molar-refractivity contribution in [2.75, 3.05) is 4.90 Å². The van der Waals surface area contributed by atoms with E-state index in [2.05, 4.69) is 15.5 Å². The number of hydrogen-bond acceptors (Lipinski definition) is 9. The third kappa shape index (κ3) is 7.96. The van der Waals surface area contributed by atoms with E-state index in [9.17, 15) is 14.4 Å². The molecule has 3 heterocycles. The van der Waals surface area contributed by atoms with E-state index in [1.54, 1.807) is 43.2 Å². The fourth-order valence-corrected chi connectivity index (χ4v) is 5.59. The Bertz CT molecular complexity index is 1240. The molecule has 0 fully saturated rings. The van der Waals surface area contributed by atoms with E-state index in [0.29, 0.717) is 24.2 Å². The lowest BCUT2D eigenvalue weighted by molar-refractivity contribution is -0.108. The van der Waals surface area contributed by atoms with E-state index in [0.717, 1.165) is 26.3 Å². The van der Waals surface area contributed by atoms with Gasteiger partial charge in [0.15, 0.2) is 0 Å². The zero-order valence-electron chi connectivity index (χ0n) is 22.3. The van der Waals surface area contributed by atoms with E-state index < -0.39 is 29.4 Å². The predicted molar refractivity (Wildman–Crippen MR) is 146 cm³/mol. The number of fused-ring (bicyclic) bond motifs is 1. The molecule has 2 amide bonds. The Morgan fingerprint density at radius 1 is 1.16 bits per heavy atom. The Morgan fingerprint density at radius 3 is 2.46 bits per heavy atom. The van der Waals surface area contributed by atoms with E-state index in [4.69, 9.17) is 9.47 Å². The molecule has 0 saturated heterocycles. The molecule has 200 valence electrons. The van der Waals surface area contributed by atoms with Gasteiger partial charge in [-0.25, -0.2) is 9.59 Å². The van der Waals surface area contributed by atoms with Gasteiger partial charge in [-0.15, -0.1) is 27.8 Å². The molecule has 1 atom stereocenters. The molecule has 1 unspecified atom stereocenters. The van der Waals surface area contributed by atoms with Gasteiger partial charge < -0.3 is 19.6 Å². The number of amides is 2. The number of aryl methyl sites for hydroxylation is 1. The lowest BCUT2D eigenvalue weighted by Gasteiger charge is -2.27. The normalized spacial score (nSPS) is 12.7. The zero-order valence-corrected chi connectivity index (χ0v) is 23.9. The molecule has 0 aliphatic carbocycles. The van der Waals surface area contributed by atoms with Crippen molar-refractivity contribution in [1.29, 1.82) is 0 Å². The molecule has 1 N–H and O–H groups in total. The molecule has 0 bridgehead atoms. The first kappa shape index (κ1) is 28.5. The molecule has 0 aliphatic heterocycles. The summed E-state index contributed by atoms with van der Waals surface area (Å²) >= 11 is 3.02. The molecule has 0 aromatic carbocycles. The summed E-state index contributed by atoms with van der Waals surface area (Å²) in [5.74, 6) is 0. The van der Waals surface area contributed by atoms with Crippen molar-refractivity contribution in [2.24, 2.45) is 0 Å². The van der Waals surface area contributed by atoms with Gasteiger partial charge in [-0.1, -0.05) is 6.07 Å². The Balaban J connectivity index is 1.97. The minimum Gasteiger partial charge on any atom is -0.444 e. The molecule has 0 aliphatic rings. The van der Waals surface area contributed by atoms with Crippen LogP contribution >= 0.6 is 22.7 Å². The smallest absolute Gasteiger partial charge is 0.415 e. The fraction of sp³-hybridized carbons (Fsp3) is 0.500. The van der Waals surface area contributed by atoms with Crippen molar-refractivity contribution >= 4 is 57.1 Å². The number of nitrogens with zero attached hydrogens (tertiary/aromatic N) is 3. The number of carbonyl (C=O) groups is 3. The van der Waals surface area contributed by atoms with Crippen molar-refractivity contribution in [3.8, 4) is 0 Å². The summed E-state index contributed by atoms with van der Waals surface area (Å²) in [6.45, 7) is 13.1. The number of rotatable bonds is 8. The number of aromatic nitrogens is 2. The summed E-state index contributed by atoms with van der Waals surface area (Å²) in [5.41, 5.74) is 0.826. The first-order valence-electron chi connectivity index (χ1n) is 12.0. The van der Waals surface area contributed by atoms with Crippen molar-refractivity contribution in [1.82, 2.24) is 15.5 Å². The van der Waals surface area contributed by atoms with Gasteiger partial charge in [0.25, 0.3) is 0 Å². The fourth-order valence-electron chi connectivity index (χ4n) is 3.56. The van der Waals surface area contributed by atoms with Crippen molar-refractivity contribution in [3.63, 3.8) is 0 Å². The molecule has 3 aromatic heterocycles. The van der Waals surface area contributed by atoms with Crippen molar-refractivity contribution in [2.45, 2.75) is 85.1 Å². The Hall–Kier alpha value is -3.05. The number of carbonyl (C=O) groups excluding carboxylic acids is 3. The summed E-state index contributed by atoms with van der Waals surface area (Å²) in [5, 5.41) is 13.3. The summed E-state index contributed by atoms with van der Waals surface area (Å²) in [4.78, 5) is 40.5. The Labute approximate surface area is 225 Å². The standard InChI is InChI=1S/C26H34N4O5S2/c1-16-20(13-17(10-11-31)28-23(32)34-25(2,3)4)37-22-19(14-27-29-21(16)22)30(15-18-9-8-12-36-18)24(33)35-26(5,6)7/h8-9,11-12,14,17H,10,13,15H2,1-7H3,(H,28,32). The van der Waals surface area contributed by atoms with Crippen LogP contribution < -0.4 is 10.2 Å². The maximum atomic E-state index is 13.3. The van der Waals surface area contributed by atoms with E-state index in [1.807, 2.05) is 45.2 Å². The van der Waals surface area contributed by atoms with Gasteiger partial charge in [0.1, 0.15) is 23.0 Å². The monoisotopic (exact) mass is 546 g/mol. The minimum absolute atomic E-state index is 0.133. The maximum absolute atomic E-state index is 13.3. The van der Waals surface area contributed by atoms with E-state index in [1.165, 1.54) is 11.3 Å².